The zero-order valence-corrected chi connectivity index (χ0v) is 15.0. The number of rotatable bonds is 4. The number of fused-ring (bicyclic) bond motifs is 3. The maximum absolute atomic E-state index is 12.4. The van der Waals surface area contributed by atoms with Gasteiger partial charge in [0.2, 0.25) is 5.91 Å². The number of hydrogen-bond acceptors (Lipinski definition) is 2. The molecule has 26 heavy (non-hydrogen) atoms. The van der Waals surface area contributed by atoms with E-state index in [2.05, 4.69) is 35.4 Å². The second kappa shape index (κ2) is 6.96. The van der Waals surface area contributed by atoms with Crippen molar-refractivity contribution in [1.82, 2.24) is 10.3 Å². The summed E-state index contributed by atoms with van der Waals surface area (Å²) in [5.74, 6) is -0.0918. The zero-order valence-electron chi connectivity index (χ0n) is 15.0. The van der Waals surface area contributed by atoms with Crippen LogP contribution in [0.3, 0.4) is 0 Å². The number of aliphatic hydroxyl groups excluding tert-OH is 1. The summed E-state index contributed by atoms with van der Waals surface area (Å²) in [5, 5.41) is 14.6. The third kappa shape index (κ3) is 3.37. The van der Waals surface area contributed by atoms with Crippen molar-refractivity contribution in [2.45, 2.75) is 44.8 Å². The molecule has 0 fully saturated rings. The van der Waals surface area contributed by atoms with Gasteiger partial charge in [0.15, 0.2) is 0 Å². The molecule has 0 saturated heterocycles. The maximum Gasteiger partial charge on any atom is 0.223 e. The molecule has 0 saturated carbocycles. The first-order valence-corrected chi connectivity index (χ1v) is 9.22. The molecule has 2 aromatic carbocycles. The van der Waals surface area contributed by atoms with Crippen molar-refractivity contribution in [3.63, 3.8) is 0 Å². The number of amides is 1. The topological polar surface area (TPSA) is 65.1 Å². The van der Waals surface area contributed by atoms with Crippen LogP contribution >= 0.6 is 0 Å². The van der Waals surface area contributed by atoms with E-state index in [0.29, 0.717) is 0 Å². The van der Waals surface area contributed by atoms with Crippen molar-refractivity contribution in [3.8, 4) is 0 Å². The molecule has 1 amide bonds. The standard InChI is InChI=1S/C22H24N2O2/c1-14-7-9-19-17(11-14)18-12-16(8-10-20(18)24-19)23-22(26)13-21(25)15-5-3-2-4-6-15/h2-7,9,11,16,21,24-25H,8,10,12-13H2,1H3,(H,23,26). The summed E-state index contributed by atoms with van der Waals surface area (Å²) in [6, 6.07) is 15.9. The fourth-order valence-corrected chi connectivity index (χ4v) is 3.91. The molecule has 0 radical (unpaired) electrons. The number of aromatic amines is 1. The van der Waals surface area contributed by atoms with Crippen molar-refractivity contribution in [2.24, 2.45) is 0 Å². The van der Waals surface area contributed by atoms with E-state index < -0.39 is 6.10 Å². The van der Waals surface area contributed by atoms with Gasteiger partial charge in [0.05, 0.1) is 12.5 Å². The van der Waals surface area contributed by atoms with Crippen LogP contribution in [0, 0.1) is 6.92 Å². The molecule has 1 aliphatic rings. The van der Waals surface area contributed by atoms with Gasteiger partial charge in [-0.15, -0.1) is 0 Å². The molecule has 2 atom stereocenters. The van der Waals surface area contributed by atoms with Crippen LogP contribution in [-0.2, 0) is 17.6 Å². The van der Waals surface area contributed by atoms with E-state index >= 15 is 0 Å². The van der Waals surface area contributed by atoms with Crippen molar-refractivity contribution in [2.75, 3.05) is 0 Å². The van der Waals surface area contributed by atoms with Crippen molar-refractivity contribution < 1.29 is 9.90 Å². The molecular formula is C22H24N2O2. The summed E-state index contributed by atoms with van der Waals surface area (Å²) in [6.07, 6.45) is 2.04. The Morgan fingerprint density at radius 1 is 1.27 bits per heavy atom. The number of carbonyl (C=O) groups is 1. The van der Waals surface area contributed by atoms with Gasteiger partial charge in [-0.2, -0.15) is 0 Å². The molecule has 134 valence electrons. The van der Waals surface area contributed by atoms with Crippen LogP contribution in [0.15, 0.2) is 48.5 Å². The molecule has 4 rings (SSSR count). The SMILES string of the molecule is Cc1ccc2[nH]c3c(c2c1)CC(NC(=O)CC(O)c1ccccc1)CC3. The summed E-state index contributed by atoms with van der Waals surface area (Å²) < 4.78 is 0. The Morgan fingerprint density at radius 3 is 2.88 bits per heavy atom. The lowest BCUT2D eigenvalue weighted by molar-refractivity contribution is -0.123. The lowest BCUT2D eigenvalue weighted by Crippen LogP contribution is -2.39. The Labute approximate surface area is 153 Å². The molecule has 1 aromatic heterocycles. The van der Waals surface area contributed by atoms with Crippen molar-refractivity contribution in [3.05, 3.63) is 70.9 Å². The Hall–Kier alpha value is -2.59. The highest BCUT2D eigenvalue weighted by Crippen LogP contribution is 2.30. The van der Waals surface area contributed by atoms with Crippen LogP contribution in [-0.4, -0.2) is 22.0 Å². The van der Waals surface area contributed by atoms with E-state index in [9.17, 15) is 9.90 Å². The Kier molecular flexibility index (Phi) is 4.51. The average molecular weight is 348 g/mol. The van der Waals surface area contributed by atoms with Crippen LogP contribution < -0.4 is 5.32 Å². The molecule has 4 heteroatoms. The van der Waals surface area contributed by atoms with E-state index in [4.69, 9.17) is 0 Å². The summed E-state index contributed by atoms with van der Waals surface area (Å²) in [4.78, 5) is 15.9. The van der Waals surface area contributed by atoms with Gasteiger partial charge in [0.25, 0.3) is 0 Å². The Balaban J connectivity index is 1.43. The predicted molar refractivity (Wildman–Crippen MR) is 103 cm³/mol. The largest absolute Gasteiger partial charge is 0.388 e. The molecule has 0 bridgehead atoms. The lowest BCUT2D eigenvalue weighted by Gasteiger charge is -2.24. The smallest absolute Gasteiger partial charge is 0.223 e. The first-order valence-electron chi connectivity index (χ1n) is 9.22. The first-order chi connectivity index (χ1) is 12.6. The Bertz CT molecular complexity index is 930. The summed E-state index contributed by atoms with van der Waals surface area (Å²) in [7, 11) is 0. The lowest BCUT2D eigenvalue weighted by atomic mass is 9.91. The number of H-pyrrole nitrogens is 1. The quantitative estimate of drug-likeness (QED) is 0.675. The van der Waals surface area contributed by atoms with Gasteiger partial charge in [-0.1, -0.05) is 42.0 Å². The number of aryl methyl sites for hydroxylation is 2. The second-order valence-corrected chi connectivity index (χ2v) is 7.27. The zero-order chi connectivity index (χ0) is 18.1. The van der Waals surface area contributed by atoms with Crippen LogP contribution in [0.2, 0.25) is 0 Å². The van der Waals surface area contributed by atoms with Gasteiger partial charge in [-0.25, -0.2) is 0 Å². The maximum atomic E-state index is 12.4. The first kappa shape index (κ1) is 16.9. The van der Waals surface area contributed by atoms with Gasteiger partial charge >= 0.3 is 0 Å². The Morgan fingerprint density at radius 2 is 2.08 bits per heavy atom. The van der Waals surface area contributed by atoms with Crippen LogP contribution in [0.5, 0.6) is 0 Å². The minimum absolute atomic E-state index is 0.0918. The fraction of sp³-hybridized carbons (Fsp3) is 0.318. The second-order valence-electron chi connectivity index (χ2n) is 7.27. The molecular weight excluding hydrogens is 324 g/mol. The monoisotopic (exact) mass is 348 g/mol. The normalized spacial score (nSPS) is 17.7. The minimum Gasteiger partial charge on any atom is -0.388 e. The number of aromatic nitrogens is 1. The third-order valence-electron chi connectivity index (χ3n) is 5.27. The number of aliphatic hydroxyl groups is 1. The van der Waals surface area contributed by atoms with E-state index in [1.165, 1.54) is 27.7 Å². The summed E-state index contributed by atoms with van der Waals surface area (Å²) >= 11 is 0. The molecule has 3 aromatic rings. The summed E-state index contributed by atoms with van der Waals surface area (Å²) in [5.41, 5.74) is 5.81. The van der Waals surface area contributed by atoms with Crippen LogP contribution in [0.1, 0.15) is 41.3 Å². The van der Waals surface area contributed by atoms with Gasteiger partial charge in [0, 0.05) is 22.6 Å². The number of carbonyl (C=O) groups excluding carboxylic acids is 1. The van der Waals surface area contributed by atoms with Gasteiger partial charge in [0.1, 0.15) is 0 Å². The average Bonchev–Trinajstić information content (AvgIpc) is 2.99. The van der Waals surface area contributed by atoms with Crippen LogP contribution in [0.4, 0.5) is 0 Å². The highest BCUT2D eigenvalue weighted by Gasteiger charge is 2.24. The molecule has 2 unspecified atom stereocenters. The molecule has 0 aliphatic heterocycles. The van der Waals surface area contributed by atoms with Gasteiger partial charge in [-0.3, -0.25) is 4.79 Å². The van der Waals surface area contributed by atoms with Crippen molar-refractivity contribution in [1.29, 1.82) is 0 Å². The number of hydrogen-bond donors (Lipinski definition) is 3. The predicted octanol–water partition coefficient (Wildman–Crippen LogP) is 3.57. The molecule has 0 spiro atoms. The van der Waals surface area contributed by atoms with E-state index in [0.717, 1.165) is 24.8 Å². The van der Waals surface area contributed by atoms with Gasteiger partial charge in [-0.05, 0) is 49.4 Å². The highest BCUT2D eigenvalue weighted by atomic mass is 16.3. The highest BCUT2D eigenvalue weighted by molar-refractivity contribution is 5.86. The summed E-state index contributed by atoms with van der Waals surface area (Å²) in [6.45, 7) is 2.10. The van der Waals surface area contributed by atoms with Crippen molar-refractivity contribution >= 4 is 16.8 Å². The number of nitrogens with one attached hydrogen (secondary N) is 2. The van der Waals surface area contributed by atoms with Gasteiger partial charge < -0.3 is 15.4 Å². The van der Waals surface area contributed by atoms with E-state index in [1.54, 1.807) is 0 Å². The molecule has 1 aliphatic carbocycles. The number of benzene rings is 2. The van der Waals surface area contributed by atoms with E-state index in [1.807, 2.05) is 30.3 Å². The minimum atomic E-state index is -0.758. The fourth-order valence-electron chi connectivity index (χ4n) is 3.91. The molecule has 4 nitrogen and oxygen atoms in total. The van der Waals surface area contributed by atoms with E-state index in [-0.39, 0.29) is 18.4 Å². The van der Waals surface area contributed by atoms with Crippen LogP contribution in [0.25, 0.3) is 10.9 Å². The molecule has 1 heterocycles. The molecule has 3 N–H and O–H groups in total. The third-order valence-corrected chi connectivity index (χ3v) is 5.27.